The molecule has 134 valence electrons. The average Bonchev–Trinajstić information content (AvgIpc) is 3.12. The Hall–Kier alpha value is -3.08. The van der Waals surface area contributed by atoms with Crippen LogP contribution in [-0.4, -0.2) is 25.6 Å². The first-order valence-electron chi connectivity index (χ1n) is 8.54. The molecule has 0 bridgehead atoms. The van der Waals surface area contributed by atoms with Crippen LogP contribution in [0.1, 0.15) is 23.1 Å². The van der Waals surface area contributed by atoms with Crippen LogP contribution in [0.25, 0.3) is 6.08 Å². The van der Waals surface area contributed by atoms with Crippen molar-refractivity contribution in [3.8, 4) is 5.75 Å². The number of ether oxygens (including phenoxy) is 2. The maximum absolute atomic E-state index is 11.9. The number of amides is 1. The van der Waals surface area contributed by atoms with Crippen LogP contribution in [0.4, 0.5) is 5.69 Å². The number of aryl methyl sites for hydroxylation is 2. The fraction of sp³-hybridized carbons (Fsp3) is 0.238. The van der Waals surface area contributed by atoms with Crippen molar-refractivity contribution in [2.75, 3.05) is 19.0 Å². The van der Waals surface area contributed by atoms with E-state index in [1.165, 1.54) is 17.2 Å². The van der Waals surface area contributed by atoms with Gasteiger partial charge in [-0.15, -0.1) is 0 Å². The highest BCUT2D eigenvalue weighted by Crippen LogP contribution is 2.24. The Morgan fingerprint density at radius 2 is 1.96 bits per heavy atom. The summed E-state index contributed by atoms with van der Waals surface area (Å²) < 4.78 is 10.1. The van der Waals surface area contributed by atoms with Gasteiger partial charge in [0.05, 0.1) is 7.11 Å². The minimum absolute atomic E-state index is 0.321. The predicted molar refractivity (Wildman–Crippen MR) is 100 cm³/mol. The first-order chi connectivity index (χ1) is 12.6. The smallest absolute Gasteiger partial charge is 0.331 e. The molecule has 5 heteroatoms. The number of carbonyl (C=O) groups is 2. The van der Waals surface area contributed by atoms with Gasteiger partial charge in [0.15, 0.2) is 6.61 Å². The second kappa shape index (κ2) is 8.34. The molecule has 0 atom stereocenters. The number of esters is 1. The van der Waals surface area contributed by atoms with Crippen molar-refractivity contribution in [3.05, 3.63) is 65.2 Å². The molecule has 1 N–H and O–H groups in total. The number of benzene rings is 2. The van der Waals surface area contributed by atoms with Crippen LogP contribution in [0.15, 0.2) is 48.5 Å². The summed E-state index contributed by atoms with van der Waals surface area (Å²) in [7, 11) is 1.58. The third kappa shape index (κ3) is 4.72. The molecule has 0 saturated carbocycles. The van der Waals surface area contributed by atoms with E-state index in [0.29, 0.717) is 5.75 Å². The molecule has 0 aliphatic heterocycles. The molecule has 26 heavy (non-hydrogen) atoms. The van der Waals surface area contributed by atoms with Crippen molar-refractivity contribution in [3.63, 3.8) is 0 Å². The van der Waals surface area contributed by atoms with Gasteiger partial charge in [-0.1, -0.05) is 18.2 Å². The molecule has 0 spiro atoms. The van der Waals surface area contributed by atoms with Gasteiger partial charge in [0.2, 0.25) is 0 Å². The first-order valence-corrected chi connectivity index (χ1v) is 8.54. The molecular formula is C21H21NO4. The van der Waals surface area contributed by atoms with Crippen molar-refractivity contribution in [2.45, 2.75) is 19.3 Å². The van der Waals surface area contributed by atoms with Gasteiger partial charge >= 0.3 is 5.97 Å². The Morgan fingerprint density at radius 1 is 1.12 bits per heavy atom. The van der Waals surface area contributed by atoms with Gasteiger partial charge < -0.3 is 14.8 Å². The fourth-order valence-electron chi connectivity index (χ4n) is 2.94. The topological polar surface area (TPSA) is 64.6 Å². The lowest BCUT2D eigenvalue weighted by molar-refractivity contribution is -0.142. The first kappa shape index (κ1) is 17.7. The standard InChI is InChI=1S/C21H21NO4/c1-25-19-7-2-4-15(12-19)8-11-21(24)26-14-20(23)22-18-10-9-16-5-3-6-17(16)13-18/h2,4,7-13H,3,5-6,14H2,1H3,(H,22,23)/b11-8+. The van der Waals surface area contributed by atoms with E-state index in [4.69, 9.17) is 9.47 Å². The summed E-state index contributed by atoms with van der Waals surface area (Å²) in [6.45, 7) is -0.321. The lowest BCUT2D eigenvalue weighted by atomic mass is 10.1. The number of hydrogen-bond donors (Lipinski definition) is 1. The minimum atomic E-state index is -0.572. The Morgan fingerprint density at radius 3 is 2.81 bits per heavy atom. The summed E-state index contributed by atoms with van der Waals surface area (Å²) in [5.41, 5.74) is 4.17. The van der Waals surface area contributed by atoms with Gasteiger partial charge in [-0.25, -0.2) is 4.79 Å². The normalized spacial score (nSPS) is 12.7. The molecule has 1 aliphatic carbocycles. The molecule has 3 rings (SSSR count). The zero-order valence-electron chi connectivity index (χ0n) is 14.7. The molecular weight excluding hydrogens is 330 g/mol. The number of hydrogen-bond acceptors (Lipinski definition) is 4. The number of rotatable bonds is 6. The third-order valence-electron chi connectivity index (χ3n) is 4.23. The van der Waals surface area contributed by atoms with Gasteiger partial charge in [0.1, 0.15) is 5.75 Å². The maximum atomic E-state index is 11.9. The zero-order valence-corrected chi connectivity index (χ0v) is 14.7. The minimum Gasteiger partial charge on any atom is -0.497 e. The SMILES string of the molecule is COc1cccc(/C=C/C(=O)OCC(=O)Nc2ccc3c(c2)CCC3)c1. The number of carbonyl (C=O) groups excluding carboxylic acids is 2. The zero-order chi connectivity index (χ0) is 18.4. The van der Waals surface area contributed by atoms with E-state index in [2.05, 4.69) is 5.32 Å². The highest BCUT2D eigenvalue weighted by Gasteiger charge is 2.12. The van der Waals surface area contributed by atoms with Crippen molar-refractivity contribution in [2.24, 2.45) is 0 Å². The largest absolute Gasteiger partial charge is 0.497 e. The van der Waals surface area contributed by atoms with Gasteiger partial charge in [-0.2, -0.15) is 0 Å². The van der Waals surface area contributed by atoms with Crippen LogP contribution in [0, 0.1) is 0 Å². The van der Waals surface area contributed by atoms with Gasteiger partial charge in [-0.05, 0) is 66.3 Å². The van der Waals surface area contributed by atoms with Crippen LogP contribution >= 0.6 is 0 Å². The van der Waals surface area contributed by atoms with Crippen LogP contribution in [0.2, 0.25) is 0 Å². The van der Waals surface area contributed by atoms with Crippen molar-refractivity contribution in [1.29, 1.82) is 0 Å². The van der Waals surface area contributed by atoms with Crippen molar-refractivity contribution in [1.82, 2.24) is 0 Å². The van der Waals surface area contributed by atoms with Crippen LogP contribution in [0.3, 0.4) is 0 Å². The molecule has 1 amide bonds. The van der Waals surface area contributed by atoms with E-state index in [1.807, 2.05) is 36.4 Å². The maximum Gasteiger partial charge on any atom is 0.331 e. The monoisotopic (exact) mass is 351 g/mol. The average molecular weight is 351 g/mol. The van der Waals surface area contributed by atoms with E-state index in [9.17, 15) is 9.59 Å². The van der Waals surface area contributed by atoms with E-state index in [1.54, 1.807) is 19.3 Å². The summed E-state index contributed by atoms with van der Waals surface area (Å²) in [6.07, 6.45) is 6.20. The molecule has 0 aromatic heterocycles. The molecule has 0 radical (unpaired) electrons. The molecule has 2 aromatic rings. The van der Waals surface area contributed by atoms with Gasteiger partial charge in [0.25, 0.3) is 5.91 Å². The number of methoxy groups -OCH3 is 1. The van der Waals surface area contributed by atoms with Crippen LogP contribution in [-0.2, 0) is 27.2 Å². The molecule has 0 fully saturated rings. The molecule has 2 aromatic carbocycles. The Balaban J connectivity index is 1.47. The highest BCUT2D eigenvalue weighted by molar-refractivity contribution is 5.94. The van der Waals surface area contributed by atoms with E-state index in [0.717, 1.165) is 30.5 Å². The Bertz CT molecular complexity index is 842. The molecule has 0 heterocycles. The lowest BCUT2D eigenvalue weighted by Gasteiger charge is -2.07. The van der Waals surface area contributed by atoms with Crippen LogP contribution in [0.5, 0.6) is 5.75 Å². The van der Waals surface area contributed by atoms with Crippen molar-refractivity contribution < 1.29 is 19.1 Å². The number of anilines is 1. The number of fused-ring (bicyclic) bond motifs is 1. The van der Waals surface area contributed by atoms with Gasteiger partial charge in [-0.3, -0.25) is 4.79 Å². The predicted octanol–water partition coefficient (Wildman–Crippen LogP) is 3.38. The van der Waals surface area contributed by atoms with E-state index >= 15 is 0 Å². The summed E-state index contributed by atoms with van der Waals surface area (Å²) >= 11 is 0. The van der Waals surface area contributed by atoms with E-state index in [-0.39, 0.29) is 12.5 Å². The third-order valence-corrected chi connectivity index (χ3v) is 4.23. The Labute approximate surface area is 152 Å². The fourth-order valence-corrected chi connectivity index (χ4v) is 2.94. The number of nitrogens with one attached hydrogen (secondary N) is 1. The molecule has 0 saturated heterocycles. The second-order valence-corrected chi connectivity index (χ2v) is 6.10. The molecule has 0 unspecified atom stereocenters. The van der Waals surface area contributed by atoms with Crippen LogP contribution < -0.4 is 10.1 Å². The Kier molecular flexibility index (Phi) is 5.69. The van der Waals surface area contributed by atoms with E-state index < -0.39 is 5.97 Å². The summed E-state index contributed by atoms with van der Waals surface area (Å²) in [6, 6.07) is 13.2. The highest BCUT2D eigenvalue weighted by atomic mass is 16.5. The second-order valence-electron chi connectivity index (χ2n) is 6.10. The summed E-state index contributed by atoms with van der Waals surface area (Å²) in [5, 5.41) is 2.76. The summed E-state index contributed by atoms with van der Waals surface area (Å²) in [5.74, 6) is -0.225. The quantitative estimate of drug-likeness (QED) is 0.640. The lowest BCUT2D eigenvalue weighted by Crippen LogP contribution is -2.20. The van der Waals surface area contributed by atoms with Crippen molar-refractivity contribution >= 4 is 23.6 Å². The molecule has 5 nitrogen and oxygen atoms in total. The summed E-state index contributed by atoms with van der Waals surface area (Å²) in [4.78, 5) is 23.7. The molecule has 1 aliphatic rings. The van der Waals surface area contributed by atoms with Gasteiger partial charge in [0, 0.05) is 11.8 Å².